The van der Waals surface area contributed by atoms with Gasteiger partial charge in [0.05, 0.1) is 0 Å². The fourth-order valence-electron chi connectivity index (χ4n) is 2.71. The Morgan fingerprint density at radius 3 is 2.53 bits per heavy atom. The van der Waals surface area contributed by atoms with E-state index in [1.54, 1.807) is 0 Å². The summed E-state index contributed by atoms with van der Waals surface area (Å²) in [5.74, 6) is 0. The summed E-state index contributed by atoms with van der Waals surface area (Å²) in [6.07, 6.45) is 4.05. The quantitative estimate of drug-likeness (QED) is 0.785. The number of likely N-dealkylation sites (N-methyl/N-ethyl adjacent to an activating group) is 1. The van der Waals surface area contributed by atoms with Crippen LogP contribution in [-0.4, -0.2) is 60.6 Å². The molecule has 0 amide bonds. The lowest BCUT2D eigenvalue weighted by Crippen LogP contribution is -2.61. The first-order valence-corrected chi connectivity index (χ1v) is 7.21. The van der Waals surface area contributed by atoms with Gasteiger partial charge in [0.2, 0.25) is 0 Å². The first-order valence-electron chi connectivity index (χ1n) is 7.21. The fourth-order valence-corrected chi connectivity index (χ4v) is 2.71. The summed E-state index contributed by atoms with van der Waals surface area (Å²) in [5.41, 5.74) is 0.325. The lowest BCUT2D eigenvalue weighted by molar-refractivity contribution is 0.0158. The van der Waals surface area contributed by atoms with Crippen molar-refractivity contribution in [3.63, 3.8) is 0 Å². The highest BCUT2D eigenvalue weighted by atomic mass is 15.3. The molecule has 0 aromatic rings. The highest BCUT2D eigenvalue weighted by Crippen LogP contribution is 2.22. The van der Waals surface area contributed by atoms with Crippen molar-refractivity contribution < 1.29 is 0 Å². The highest BCUT2D eigenvalue weighted by molar-refractivity contribution is 4.92. The largest absolute Gasteiger partial charge is 0.312 e. The zero-order valence-corrected chi connectivity index (χ0v) is 12.0. The van der Waals surface area contributed by atoms with E-state index in [1.165, 1.54) is 45.4 Å². The van der Waals surface area contributed by atoms with Crippen molar-refractivity contribution in [1.29, 1.82) is 0 Å². The Kier molecular flexibility index (Phi) is 4.11. The first-order chi connectivity index (χ1) is 8.03. The Bertz CT molecular complexity index is 248. The van der Waals surface area contributed by atoms with Gasteiger partial charge >= 0.3 is 0 Å². The summed E-state index contributed by atoms with van der Waals surface area (Å²) in [5, 5.41) is 3.69. The van der Waals surface area contributed by atoms with Crippen molar-refractivity contribution in [2.75, 3.05) is 33.2 Å². The average Bonchev–Trinajstić information content (AvgIpc) is 3.07. The van der Waals surface area contributed by atoms with Crippen LogP contribution in [-0.2, 0) is 0 Å². The summed E-state index contributed by atoms with van der Waals surface area (Å²) in [4.78, 5) is 5.18. The van der Waals surface area contributed by atoms with Crippen LogP contribution in [0.2, 0.25) is 0 Å². The maximum absolute atomic E-state index is 3.69. The van der Waals surface area contributed by atoms with Crippen LogP contribution in [0.3, 0.4) is 0 Å². The van der Waals surface area contributed by atoms with Crippen molar-refractivity contribution >= 4 is 0 Å². The normalized spacial score (nSPS) is 28.2. The third kappa shape index (κ3) is 3.43. The zero-order chi connectivity index (χ0) is 12.5. The van der Waals surface area contributed by atoms with Crippen LogP contribution in [0.4, 0.5) is 0 Å². The minimum absolute atomic E-state index is 0.325. The molecule has 100 valence electrons. The molecule has 0 spiro atoms. The lowest BCUT2D eigenvalue weighted by Gasteiger charge is -2.48. The Morgan fingerprint density at radius 1 is 1.29 bits per heavy atom. The van der Waals surface area contributed by atoms with Crippen LogP contribution in [0.25, 0.3) is 0 Å². The van der Waals surface area contributed by atoms with Crippen molar-refractivity contribution in [3.05, 3.63) is 0 Å². The molecule has 1 heterocycles. The average molecular weight is 239 g/mol. The zero-order valence-electron chi connectivity index (χ0n) is 12.0. The molecule has 0 aromatic carbocycles. The van der Waals surface area contributed by atoms with Gasteiger partial charge in [0.1, 0.15) is 0 Å². The monoisotopic (exact) mass is 239 g/mol. The molecule has 1 atom stereocenters. The molecule has 0 bridgehead atoms. The maximum atomic E-state index is 3.69. The predicted molar refractivity (Wildman–Crippen MR) is 73.4 cm³/mol. The Hall–Kier alpha value is -0.120. The van der Waals surface area contributed by atoms with E-state index in [9.17, 15) is 0 Å². The van der Waals surface area contributed by atoms with Gasteiger partial charge in [-0.05, 0) is 40.2 Å². The van der Waals surface area contributed by atoms with Gasteiger partial charge in [-0.1, -0.05) is 6.92 Å². The van der Waals surface area contributed by atoms with Crippen LogP contribution in [0.5, 0.6) is 0 Å². The smallest absolute Gasteiger partial charge is 0.0277 e. The second-order valence-electron chi connectivity index (χ2n) is 6.45. The van der Waals surface area contributed by atoms with Crippen LogP contribution < -0.4 is 5.32 Å². The van der Waals surface area contributed by atoms with E-state index in [4.69, 9.17) is 0 Å². The molecular formula is C14H29N3. The highest BCUT2D eigenvalue weighted by Gasteiger charge is 2.34. The van der Waals surface area contributed by atoms with Gasteiger partial charge in [-0.2, -0.15) is 0 Å². The topological polar surface area (TPSA) is 18.5 Å². The number of hydrogen-bond donors (Lipinski definition) is 1. The summed E-state index contributed by atoms with van der Waals surface area (Å²) in [7, 11) is 2.25. The Labute approximate surface area is 107 Å². The SMILES string of the molecule is CCC(CNC1CC1)N1CCN(C)C(C)(C)C1. The van der Waals surface area contributed by atoms with E-state index in [1.807, 2.05) is 0 Å². The van der Waals surface area contributed by atoms with Crippen LogP contribution >= 0.6 is 0 Å². The van der Waals surface area contributed by atoms with E-state index in [-0.39, 0.29) is 0 Å². The summed E-state index contributed by atoms with van der Waals surface area (Å²) in [6.45, 7) is 11.9. The van der Waals surface area contributed by atoms with E-state index >= 15 is 0 Å². The minimum Gasteiger partial charge on any atom is -0.312 e. The van der Waals surface area contributed by atoms with Gasteiger partial charge in [0, 0.05) is 43.8 Å². The van der Waals surface area contributed by atoms with Gasteiger partial charge in [-0.3, -0.25) is 9.80 Å². The van der Waals surface area contributed by atoms with Crippen molar-refractivity contribution in [2.45, 2.75) is 57.7 Å². The molecule has 1 saturated carbocycles. The summed E-state index contributed by atoms with van der Waals surface area (Å²) < 4.78 is 0. The molecule has 2 rings (SSSR count). The second-order valence-corrected chi connectivity index (χ2v) is 6.45. The second kappa shape index (κ2) is 5.25. The molecular weight excluding hydrogens is 210 g/mol. The van der Waals surface area contributed by atoms with Crippen LogP contribution in [0, 0.1) is 0 Å². The molecule has 3 heteroatoms. The van der Waals surface area contributed by atoms with Crippen molar-refractivity contribution in [3.8, 4) is 0 Å². The molecule has 0 radical (unpaired) electrons. The number of nitrogens with one attached hydrogen (secondary N) is 1. The van der Waals surface area contributed by atoms with Gasteiger partial charge in [0.15, 0.2) is 0 Å². The third-order valence-electron chi connectivity index (χ3n) is 4.55. The Balaban J connectivity index is 1.85. The van der Waals surface area contributed by atoms with Gasteiger partial charge in [0.25, 0.3) is 0 Å². The van der Waals surface area contributed by atoms with Gasteiger partial charge in [-0.15, -0.1) is 0 Å². The predicted octanol–water partition coefficient (Wildman–Crippen LogP) is 1.54. The van der Waals surface area contributed by atoms with Crippen LogP contribution in [0.15, 0.2) is 0 Å². The van der Waals surface area contributed by atoms with Crippen molar-refractivity contribution in [1.82, 2.24) is 15.1 Å². The molecule has 2 aliphatic rings. The maximum Gasteiger partial charge on any atom is 0.0277 e. The molecule has 1 aliphatic carbocycles. The minimum atomic E-state index is 0.325. The molecule has 1 unspecified atom stereocenters. The summed E-state index contributed by atoms with van der Waals surface area (Å²) >= 11 is 0. The number of piperazine rings is 1. The molecule has 2 fully saturated rings. The molecule has 1 aliphatic heterocycles. The third-order valence-corrected chi connectivity index (χ3v) is 4.55. The standard InChI is InChI=1S/C14H29N3/c1-5-13(10-15-12-6-7-12)17-9-8-16(4)14(2,3)11-17/h12-13,15H,5-11H2,1-4H3. The van der Waals surface area contributed by atoms with Gasteiger partial charge in [-0.25, -0.2) is 0 Å². The molecule has 1 N–H and O–H groups in total. The molecule has 17 heavy (non-hydrogen) atoms. The first kappa shape index (κ1) is 13.3. The van der Waals surface area contributed by atoms with E-state index in [0.717, 1.165) is 12.1 Å². The fraction of sp³-hybridized carbons (Fsp3) is 1.00. The Morgan fingerprint density at radius 2 is 2.00 bits per heavy atom. The molecule has 0 aromatic heterocycles. The number of hydrogen-bond acceptors (Lipinski definition) is 3. The number of rotatable bonds is 5. The molecule has 3 nitrogen and oxygen atoms in total. The lowest BCUT2D eigenvalue weighted by atomic mass is 9.97. The van der Waals surface area contributed by atoms with Crippen molar-refractivity contribution in [2.24, 2.45) is 0 Å². The van der Waals surface area contributed by atoms with E-state index < -0.39 is 0 Å². The molecule has 1 saturated heterocycles. The van der Waals surface area contributed by atoms with Crippen LogP contribution in [0.1, 0.15) is 40.0 Å². The summed E-state index contributed by atoms with van der Waals surface area (Å²) in [6, 6.07) is 1.56. The van der Waals surface area contributed by atoms with E-state index in [2.05, 4.69) is 42.9 Å². The van der Waals surface area contributed by atoms with E-state index in [0.29, 0.717) is 5.54 Å². The van der Waals surface area contributed by atoms with Gasteiger partial charge < -0.3 is 5.32 Å². The number of nitrogens with zero attached hydrogens (tertiary/aromatic N) is 2.